The summed E-state index contributed by atoms with van der Waals surface area (Å²) in [6.07, 6.45) is -4.44. The van der Waals surface area contributed by atoms with E-state index in [1.807, 2.05) is 35.4 Å². The average Bonchev–Trinajstić information content (AvgIpc) is 2.98. The average molecular weight is 310 g/mol. The number of thiophene rings is 1. The minimum Gasteiger partial charge on any atom is -0.366 e. The van der Waals surface area contributed by atoms with Crippen LogP contribution in [-0.4, -0.2) is 7.05 Å². The van der Waals surface area contributed by atoms with Gasteiger partial charge in [-0.05, 0) is 36.6 Å². The number of benzene rings is 1. The molecule has 0 fully saturated rings. The summed E-state index contributed by atoms with van der Waals surface area (Å²) >= 11 is 1.57. The molecule has 0 radical (unpaired) electrons. The zero-order chi connectivity index (χ0) is 15.6. The third-order valence-corrected chi connectivity index (χ3v) is 4.40. The Bertz CT molecular complexity index is 657. The van der Waals surface area contributed by atoms with Gasteiger partial charge in [0.2, 0.25) is 0 Å². The summed E-state index contributed by atoms with van der Waals surface area (Å²) in [4.78, 5) is 2.89. The lowest BCUT2D eigenvalue weighted by molar-refractivity contribution is -0.137. The zero-order valence-corrected chi connectivity index (χ0v) is 12.3. The lowest BCUT2D eigenvalue weighted by Gasteiger charge is -2.27. The largest absolute Gasteiger partial charge is 0.416 e. The predicted molar refractivity (Wildman–Crippen MR) is 77.3 cm³/mol. The minimum atomic E-state index is -4.44. The van der Waals surface area contributed by atoms with E-state index in [-0.39, 0.29) is 11.6 Å². The van der Waals surface area contributed by atoms with Gasteiger partial charge in [0.1, 0.15) is 6.07 Å². The second kappa shape index (κ2) is 5.78. The number of rotatable bonds is 3. The third-order valence-electron chi connectivity index (χ3n) is 3.36. The van der Waals surface area contributed by atoms with Crippen LogP contribution in [-0.2, 0) is 6.18 Å². The normalized spacial score (nSPS) is 12.8. The van der Waals surface area contributed by atoms with Gasteiger partial charge in [0, 0.05) is 11.9 Å². The van der Waals surface area contributed by atoms with Gasteiger partial charge < -0.3 is 4.90 Å². The highest BCUT2D eigenvalue weighted by Crippen LogP contribution is 2.35. The van der Waals surface area contributed by atoms with Gasteiger partial charge in [0.15, 0.2) is 0 Å². The Labute approximate surface area is 125 Å². The Morgan fingerprint density at radius 1 is 1.29 bits per heavy atom. The molecule has 0 amide bonds. The summed E-state index contributed by atoms with van der Waals surface area (Å²) in [5.74, 6) is 0. The topological polar surface area (TPSA) is 27.0 Å². The molecule has 1 aromatic heterocycles. The van der Waals surface area contributed by atoms with Gasteiger partial charge in [-0.1, -0.05) is 6.07 Å². The van der Waals surface area contributed by atoms with Crippen LogP contribution >= 0.6 is 11.3 Å². The monoisotopic (exact) mass is 310 g/mol. The van der Waals surface area contributed by atoms with Crippen LogP contribution in [0.15, 0.2) is 35.7 Å². The second-order valence-electron chi connectivity index (χ2n) is 4.64. The summed E-state index contributed by atoms with van der Waals surface area (Å²) < 4.78 is 38.1. The van der Waals surface area contributed by atoms with Gasteiger partial charge in [-0.3, -0.25) is 0 Å². The summed E-state index contributed by atoms with van der Waals surface area (Å²) in [6, 6.07) is 8.97. The van der Waals surface area contributed by atoms with Crippen molar-refractivity contribution in [2.45, 2.75) is 19.1 Å². The van der Waals surface area contributed by atoms with Crippen LogP contribution in [0.1, 0.15) is 29.0 Å². The molecule has 6 heteroatoms. The maximum absolute atomic E-state index is 12.7. The molecule has 0 N–H and O–H groups in total. The summed E-state index contributed by atoms with van der Waals surface area (Å²) in [6.45, 7) is 1.95. The Morgan fingerprint density at radius 2 is 2.00 bits per heavy atom. The molecule has 0 aliphatic rings. The molecule has 0 bridgehead atoms. The molecule has 0 saturated carbocycles. The highest BCUT2D eigenvalue weighted by molar-refractivity contribution is 7.10. The smallest absolute Gasteiger partial charge is 0.366 e. The van der Waals surface area contributed by atoms with E-state index in [4.69, 9.17) is 5.26 Å². The Hall–Kier alpha value is -2.00. The van der Waals surface area contributed by atoms with E-state index in [0.29, 0.717) is 5.69 Å². The van der Waals surface area contributed by atoms with E-state index >= 15 is 0 Å². The van der Waals surface area contributed by atoms with Gasteiger partial charge in [0.05, 0.1) is 22.9 Å². The van der Waals surface area contributed by atoms with Crippen molar-refractivity contribution in [3.05, 3.63) is 51.7 Å². The maximum atomic E-state index is 12.7. The molecule has 2 rings (SSSR count). The first-order chi connectivity index (χ1) is 9.84. The van der Waals surface area contributed by atoms with Crippen molar-refractivity contribution < 1.29 is 13.2 Å². The number of hydrogen-bond acceptors (Lipinski definition) is 3. The van der Waals surface area contributed by atoms with Crippen molar-refractivity contribution in [1.82, 2.24) is 0 Å². The molecule has 0 spiro atoms. The lowest BCUT2D eigenvalue weighted by Crippen LogP contribution is -2.22. The number of anilines is 1. The molecular formula is C15H13F3N2S. The molecule has 2 aromatic rings. The molecule has 110 valence electrons. The first kappa shape index (κ1) is 15.4. The fraction of sp³-hybridized carbons (Fsp3) is 0.267. The van der Waals surface area contributed by atoms with Crippen molar-refractivity contribution in [3.8, 4) is 6.07 Å². The van der Waals surface area contributed by atoms with E-state index in [0.717, 1.165) is 17.0 Å². The van der Waals surface area contributed by atoms with Gasteiger partial charge in [-0.15, -0.1) is 11.3 Å². The van der Waals surface area contributed by atoms with Crippen LogP contribution < -0.4 is 4.90 Å². The standard InChI is InChI=1S/C15H13F3N2S/c1-10(14-4-3-7-21-14)20(2)13-6-5-12(15(16,17)18)8-11(13)9-19/h3-8,10H,1-2H3. The van der Waals surface area contributed by atoms with Crippen LogP contribution in [0.4, 0.5) is 18.9 Å². The van der Waals surface area contributed by atoms with Crippen LogP contribution in [0.2, 0.25) is 0 Å². The van der Waals surface area contributed by atoms with E-state index in [1.54, 1.807) is 18.4 Å². The number of nitriles is 1. The van der Waals surface area contributed by atoms with Gasteiger partial charge in [-0.25, -0.2) is 0 Å². The van der Waals surface area contributed by atoms with Gasteiger partial charge in [0.25, 0.3) is 0 Å². The summed E-state index contributed by atoms with van der Waals surface area (Å²) in [5, 5.41) is 11.1. The molecule has 0 aliphatic heterocycles. The fourth-order valence-corrected chi connectivity index (χ4v) is 2.86. The summed E-state index contributed by atoms with van der Waals surface area (Å²) in [5.41, 5.74) is -0.290. The van der Waals surface area contributed by atoms with Crippen LogP contribution in [0.3, 0.4) is 0 Å². The molecule has 1 aromatic carbocycles. The maximum Gasteiger partial charge on any atom is 0.416 e. The summed E-state index contributed by atoms with van der Waals surface area (Å²) in [7, 11) is 1.77. The van der Waals surface area contributed by atoms with Crippen molar-refractivity contribution in [3.63, 3.8) is 0 Å². The van der Waals surface area contributed by atoms with Crippen LogP contribution in [0.5, 0.6) is 0 Å². The number of halogens is 3. The third kappa shape index (κ3) is 3.19. The first-order valence-electron chi connectivity index (χ1n) is 6.22. The molecular weight excluding hydrogens is 297 g/mol. The van der Waals surface area contributed by atoms with Crippen molar-refractivity contribution >= 4 is 17.0 Å². The number of hydrogen-bond donors (Lipinski definition) is 0. The molecule has 1 unspecified atom stereocenters. The van der Waals surface area contributed by atoms with Gasteiger partial charge >= 0.3 is 6.18 Å². The molecule has 1 heterocycles. The highest BCUT2D eigenvalue weighted by Gasteiger charge is 2.31. The second-order valence-corrected chi connectivity index (χ2v) is 5.62. The number of nitrogens with zero attached hydrogens (tertiary/aromatic N) is 2. The fourth-order valence-electron chi connectivity index (χ4n) is 2.04. The molecule has 1 atom stereocenters. The Morgan fingerprint density at radius 3 is 2.52 bits per heavy atom. The van der Waals surface area contributed by atoms with E-state index in [1.165, 1.54) is 6.07 Å². The van der Waals surface area contributed by atoms with Crippen molar-refractivity contribution in [2.75, 3.05) is 11.9 Å². The molecule has 2 nitrogen and oxygen atoms in total. The van der Waals surface area contributed by atoms with Crippen molar-refractivity contribution in [1.29, 1.82) is 5.26 Å². The SMILES string of the molecule is CC(c1cccs1)N(C)c1ccc(C(F)(F)F)cc1C#N. The zero-order valence-electron chi connectivity index (χ0n) is 11.5. The highest BCUT2D eigenvalue weighted by atomic mass is 32.1. The van der Waals surface area contributed by atoms with Crippen LogP contribution in [0.25, 0.3) is 0 Å². The van der Waals surface area contributed by atoms with E-state index in [2.05, 4.69) is 0 Å². The van der Waals surface area contributed by atoms with Gasteiger partial charge in [-0.2, -0.15) is 18.4 Å². The van der Waals surface area contributed by atoms with E-state index < -0.39 is 11.7 Å². The van der Waals surface area contributed by atoms with Crippen molar-refractivity contribution in [2.24, 2.45) is 0 Å². The Balaban J connectivity index is 2.38. The lowest BCUT2D eigenvalue weighted by atomic mass is 10.1. The predicted octanol–water partition coefficient (Wildman–Crippen LogP) is 4.84. The Kier molecular flexibility index (Phi) is 4.24. The molecule has 0 saturated heterocycles. The minimum absolute atomic E-state index is 0.0196. The quantitative estimate of drug-likeness (QED) is 0.811. The first-order valence-corrected chi connectivity index (χ1v) is 7.10. The molecule has 0 aliphatic carbocycles. The van der Waals surface area contributed by atoms with E-state index in [9.17, 15) is 13.2 Å². The molecule has 21 heavy (non-hydrogen) atoms. The number of alkyl halides is 3. The van der Waals surface area contributed by atoms with Crippen LogP contribution in [0, 0.1) is 11.3 Å².